The van der Waals surface area contributed by atoms with Crippen molar-refractivity contribution in [2.45, 2.75) is 19.9 Å². The zero-order chi connectivity index (χ0) is 14.5. The van der Waals surface area contributed by atoms with Gasteiger partial charge in [0, 0.05) is 32.1 Å². The van der Waals surface area contributed by atoms with Crippen molar-refractivity contribution >= 4 is 22.4 Å². The van der Waals surface area contributed by atoms with Crippen LogP contribution in [-0.4, -0.2) is 35.7 Å². The molecule has 108 valence electrons. The summed E-state index contributed by atoms with van der Waals surface area (Å²) in [6.45, 7) is 5.80. The average molecular weight is 292 g/mol. The van der Waals surface area contributed by atoms with Gasteiger partial charge in [-0.3, -0.25) is 4.98 Å². The number of anilines is 2. The summed E-state index contributed by atoms with van der Waals surface area (Å²) >= 11 is 1.43. The second-order valence-electron chi connectivity index (χ2n) is 4.76. The molecule has 0 saturated heterocycles. The number of aromatic nitrogens is 2. The monoisotopic (exact) mass is 292 g/mol. The lowest BCUT2D eigenvalue weighted by atomic mass is 10.1. The third-order valence-electron chi connectivity index (χ3n) is 3.09. The van der Waals surface area contributed by atoms with Gasteiger partial charge in [-0.2, -0.15) is 4.37 Å². The van der Waals surface area contributed by atoms with E-state index < -0.39 is 0 Å². The van der Waals surface area contributed by atoms with E-state index in [0.29, 0.717) is 18.5 Å². The van der Waals surface area contributed by atoms with E-state index in [-0.39, 0.29) is 0 Å². The number of hydrogen-bond acceptors (Lipinski definition) is 6. The molecular formula is C14H20N4OS. The van der Waals surface area contributed by atoms with Crippen LogP contribution in [0.3, 0.4) is 0 Å². The van der Waals surface area contributed by atoms with Gasteiger partial charge >= 0.3 is 0 Å². The van der Waals surface area contributed by atoms with E-state index in [2.05, 4.69) is 28.1 Å². The van der Waals surface area contributed by atoms with Gasteiger partial charge < -0.3 is 15.4 Å². The molecular weight excluding hydrogens is 272 g/mol. The van der Waals surface area contributed by atoms with Crippen LogP contribution in [0.15, 0.2) is 24.5 Å². The Bertz CT molecular complexity index is 541. The molecule has 20 heavy (non-hydrogen) atoms. The average Bonchev–Trinajstić information content (AvgIpc) is 2.82. The Hall–Kier alpha value is -1.66. The first-order valence-electron chi connectivity index (χ1n) is 6.56. The standard InChI is InChI=1S/C14H20N4OS/c1-10(2)18(8-9-19-3)14-12(13(15)17-20-14)11-4-6-16-7-5-11/h4-7,10H,8-9H2,1-3H3,(H2,15,17). The van der Waals surface area contributed by atoms with Gasteiger partial charge in [0.2, 0.25) is 0 Å². The van der Waals surface area contributed by atoms with Crippen molar-refractivity contribution < 1.29 is 4.74 Å². The van der Waals surface area contributed by atoms with Crippen molar-refractivity contribution in [3.05, 3.63) is 24.5 Å². The van der Waals surface area contributed by atoms with Gasteiger partial charge in [0.1, 0.15) is 10.8 Å². The summed E-state index contributed by atoms with van der Waals surface area (Å²) in [4.78, 5) is 6.32. The molecule has 2 heterocycles. The highest BCUT2D eigenvalue weighted by Gasteiger charge is 2.21. The minimum Gasteiger partial charge on any atom is -0.383 e. The number of rotatable bonds is 6. The number of nitrogens with two attached hydrogens (primary N) is 1. The maximum absolute atomic E-state index is 6.06. The summed E-state index contributed by atoms with van der Waals surface area (Å²) in [5.41, 5.74) is 8.09. The maximum Gasteiger partial charge on any atom is 0.147 e. The van der Waals surface area contributed by atoms with E-state index in [1.165, 1.54) is 11.5 Å². The molecule has 0 aromatic carbocycles. The van der Waals surface area contributed by atoms with E-state index >= 15 is 0 Å². The zero-order valence-electron chi connectivity index (χ0n) is 12.0. The smallest absolute Gasteiger partial charge is 0.147 e. The highest BCUT2D eigenvalue weighted by Crippen LogP contribution is 2.39. The molecule has 0 unspecified atom stereocenters. The van der Waals surface area contributed by atoms with Gasteiger partial charge in [0.05, 0.1) is 12.2 Å². The topological polar surface area (TPSA) is 64.3 Å². The number of pyridine rings is 1. The summed E-state index contributed by atoms with van der Waals surface area (Å²) in [6, 6.07) is 4.27. The van der Waals surface area contributed by atoms with Crippen LogP contribution in [0.1, 0.15) is 13.8 Å². The summed E-state index contributed by atoms with van der Waals surface area (Å²) in [6.07, 6.45) is 3.54. The Morgan fingerprint density at radius 2 is 2.05 bits per heavy atom. The first-order chi connectivity index (χ1) is 9.65. The lowest BCUT2D eigenvalue weighted by Crippen LogP contribution is -2.33. The SMILES string of the molecule is COCCN(c1snc(N)c1-c1ccncc1)C(C)C. The fraction of sp³-hybridized carbons (Fsp3) is 0.429. The number of hydrogen-bond donors (Lipinski definition) is 1. The normalized spacial score (nSPS) is 11.0. The molecule has 0 fully saturated rings. The molecule has 0 aliphatic carbocycles. The van der Waals surface area contributed by atoms with Gasteiger partial charge in [0.25, 0.3) is 0 Å². The van der Waals surface area contributed by atoms with Crippen molar-refractivity contribution in [3.8, 4) is 11.1 Å². The van der Waals surface area contributed by atoms with Crippen LogP contribution < -0.4 is 10.6 Å². The molecule has 2 rings (SSSR count). The summed E-state index contributed by atoms with van der Waals surface area (Å²) < 4.78 is 9.52. The van der Waals surface area contributed by atoms with Crippen molar-refractivity contribution in [1.82, 2.24) is 9.36 Å². The molecule has 0 spiro atoms. The first kappa shape index (κ1) is 14.7. The number of nitrogen functional groups attached to an aromatic ring is 1. The molecule has 0 atom stereocenters. The quantitative estimate of drug-likeness (QED) is 0.886. The largest absolute Gasteiger partial charge is 0.383 e. The Morgan fingerprint density at radius 1 is 1.35 bits per heavy atom. The van der Waals surface area contributed by atoms with Crippen LogP contribution in [0.5, 0.6) is 0 Å². The van der Waals surface area contributed by atoms with Crippen molar-refractivity contribution in [2.75, 3.05) is 30.9 Å². The molecule has 0 radical (unpaired) electrons. The lowest BCUT2D eigenvalue weighted by molar-refractivity contribution is 0.204. The first-order valence-corrected chi connectivity index (χ1v) is 7.33. The highest BCUT2D eigenvalue weighted by atomic mass is 32.1. The maximum atomic E-state index is 6.06. The summed E-state index contributed by atoms with van der Waals surface area (Å²) in [5, 5.41) is 1.08. The van der Waals surface area contributed by atoms with Gasteiger partial charge in [-0.15, -0.1) is 0 Å². The van der Waals surface area contributed by atoms with Crippen molar-refractivity contribution in [3.63, 3.8) is 0 Å². The lowest BCUT2D eigenvalue weighted by Gasteiger charge is -2.28. The Balaban J connectivity index is 2.41. The number of methoxy groups -OCH3 is 1. The second-order valence-corrected chi connectivity index (χ2v) is 5.52. The van der Waals surface area contributed by atoms with Gasteiger partial charge in [0.15, 0.2) is 0 Å². The second kappa shape index (κ2) is 6.67. The van der Waals surface area contributed by atoms with Gasteiger partial charge in [-0.1, -0.05) is 0 Å². The Kier molecular flexibility index (Phi) is 4.92. The summed E-state index contributed by atoms with van der Waals surface area (Å²) in [7, 11) is 1.71. The predicted molar refractivity (Wildman–Crippen MR) is 84.1 cm³/mol. The van der Waals surface area contributed by atoms with Crippen LogP contribution in [0.2, 0.25) is 0 Å². The highest BCUT2D eigenvalue weighted by molar-refractivity contribution is 7.11. The molecule has 0 aliphatic heterocycles. The van der Waals surface area contributed by atoms with Crippen molar-refractivity contribution in [2.24, 2.45) is 0 Å². The van der Waals surface area contributed by atoms with Crippen LogP contribution in [0, 0.1) is 0 Å². The van der Waals surface area contributed by atoms with E-state index in [1.54, 1.807) is 19.5 Å². The molecule has 5 nitrogen and oxygen atoms in total. The van der Waals surface area contributed by atoms with Gasteiger partial charge in [-0.05, 0) is 43.1 Å². The third kappa shape index (κ3) is 3.08. The summed E-state index contributed by atoms with van der Waals surface area (Å²) in [5.74, 6) is 0.569. The van der Waals surface area contributed by atoms with Gasteiger partial charge in [-0.25, -0.2) is 0 Å². The van der Waals surface area contributed by atoms with Crippen LogP contribution >= 0.6 is 11.5 Å². The van der Waals surface area contributed by atoms with Crippen molar-refractivity contribution in [1.29, 1.82) is 0 Å². The Morgan fingerprint density at radius 3 is 2.65 bits per heavy atom. The minimum atomic E-state index is 0.352. The molecule has 2 aromatic rings. The predicted octanol–water partition coefficient (Wildman–Crippen LogP) is 2.65. The molecule has 0 bridgehead atoms. The van der Waals surface area contributed by atoms with Crippen LogP contribution in [-0.2, 0) is 4.74 Å². The van der Waals surface area contributed by atoms with E-state index in [9.17, 15) is 0 Å². The number of ether oxygens (including phenoxy) is 1. The Labute approximate surface area is 123 Å². The van der Waals surface area contributed by atoms with E-state index in [4.69, 9.17) is 10.5 Å². The molecule has 2 N–H and O–H groups in total. The fourth-order valence-electron chi connectivity index (χ4n) is 2.06. The van der Waals surface area contributed by atoms with Crippen LogP contribution in [0.25, 0.3) is 11.1 Å². The molecule has 0 aliphatic rings. The molecule has 0 amide bonds. The molecule has 2 aromatic heterocycles. The third-order valence-corrected chi connectivity index (χ3v) is 3.99. The van der Waals surface area contributed by atoms with Crippen LogP contribution in [0.4, 0.5) is 10.8 Å². The zero-order valence-corrected chi connectivity index (χ0v) is 12.9. The molecule has 0 saturated carbocycles. The minimum absolute atomic E-state index is 0.352. The molecule has 6 heteroatoms. The van der Waals surface area contributed by atoms with E-state index in [0.717, 1.165) is 22.7 Å². The number of nitrogens with zero attached hydrogens (tertiary/aromatic N) is 3. The fourth-order valence-corrected chi connectivity index (χ4v) is 3.06. The van der Waals surface area contributed by atoms with E-state index in [1.807, 2.05) is 12.1 Å².